The first-order chi connectivity index (χ1) is 9.38. The minimum absolute atomic E-state index is 0.0153. The summed E-state index contributed by atoms with van der Waals surface area (Å²) in [5.41, 5.74) is 0. The molecule has 0 bridgehead atoms. The molecule has 0 aliphatic carbocycles. The summed E-state index contributed by atoms with van der Waals surface area (Å²) in [6.07, 6.45) is 3.15. The molecule has 0 saturated carbocycles. The van der Waals surface area contributed by atoms with Gasteiger partial charge >= 0.3 is 0 Å². The summed E-state index contributed by atoms with van der Waals surface area (Å²) in [6.45, 7) is 2.81. The molecule has 1 aromatic rings. The quantitative estimate of drug-likeness (QED) is 0.865. The number of hydrogen-bond acceptors (Lipinski definition) is 5. The Morgan fingerprint density at radius 2 is 2.30 bits per heavy atom. The van der Waals surface area contributed by atoms with Crippen molar-refractivity contribution in [1.82, 2.24) is 5.32 Å². The molecule has 0 radical (unpaired) electrons. The molecule has 1 unspecified atom stereocenters. The molecule has 1 fully saturated rings. The standard InChI is InChI=1S/C12H18N2O4S2/c1-8-11(20(13,16)17)6-10(19-8)12(15)14-7-9-4-2-3-5-18-9/h6,9H,2-5,7H2,1H3,(H,14,15)(H2,13,16,17). The SMILES string of the molecule is Cc1sc(C(=O)NCC2CCCCO2)cc1S(N)(=O)=O. The molecule has 1 amide bonds. The summed E-state index contributed by atoms with van der Waals surface area (Å²) < 4.78 is 28.2. The molecule has 2 rings (SSSR count). The Balaban J connectivity index is 1.99. The van der Waals surface area contributed by atoms with E-state index in [0.717, 1.165) is 37.2 Å². The summed E-state index contributed by atoms with van der Waals surface area (Å²) in [4.78, 5) is 12.9. The topological polar surface area (TPSA) is 98.5 Å². The second kappa shape index (κ2) is 6.21. The van der Waals surface area contributed by atoms with Gasteiger partial charge in [-0.05, 0) is 32.3 Å². The smallest absolute Gasteiger partial charge is 0.261 e. The predicted octanol–water partition coefficient (Wildman–Crippen LogP) is 1.00. The van der Waals surface area contributed by atoms with Crippen LogP contribution in [0.15, 0.2) is 11.0 Å². The van der Waals surface area contributed by atoms with Gasteiger partial charge in [-0.1, -0.05) is 0 Å². The fraction of sp³-hybridized carbons (Fsp3) is 0.583. The Morgan fingerprint density at radius 3 is 2.85 bits per heavy atom. The Labute approximate surface area is 122 Å². The van der Waals surface area contributed by atoms with Gasteiger partial charge in [-0.2, -0.15) is 0 Å². The van der Waals surface area contributed by atoms with Crippen LogP contribution in [-0.4, -0.2) is 33.6 Å². The van der Waals surface area contributed by atoms with Gasteiger partial charge in [-0.25, -0.2) is 13.6 Å². The fourth-order valence-electron chi connectivity index (χ4n) is 2.12. The van der Waals surface area contributed by atoms with Crippen LogP contribution in [0, 0.1) is 6.92 Å². The predicted molar refractivity (Wildman–Crippen MR) is 76.4 cm³/mol. The van der Waals surface area contributed by atoms with Crippen LogP contribution >= 0.6 is 11.3 Å². The number of nitrogens with two attached hydrogens (primary N) is 1. The molecule has 1 aliphatic rings. The number of sulfonamides is 1. The van der Waals surface area contributed by atoms with E-state index < -0.39 is 10.0 Å². The van der Waals surface area contributed by atoms with Crippen molar-refractivity contribution in [2.45, 2.75) is 37.2 Å². The van der Waals surface area contributed by atoms with Gasteiger partial charge in [0.05, 0.1) is 15.9 Å². The van der Waals surface area contributed by atoms with Gasteiger partial charge in [0.2, 0.25) is 10.0 Å². The molecular formula is C12H18N2O4S2. The fourth-order valence-corrected chi connectivity index (χ4v) is 4.18. The van der Waals surface area contributed by atoms with Gasteiger partial charge in [0.25, 0.3) is 5.91 Å². The summed E-state index contributed by atoms with van der Waals surface area (Å²) in [5.74, 6) is -0.290. The lowest BCUT2D eigenvalue weighted by molar-refractivity contribution is 0.0169. The van der Waals surface area contributed by atoms with Gasteiger partial charge in [-0.3, -0.25) is 4.79 Å². The van der Waals surface area contributed by atoms with E-state index in [-0.39, 0.29) is 16.9 Å². The van der Waals surface area contributed by atoms with Crippen LogP contribution in [0.5, 0.6) is 0 Å². The lowest BCUT2D eigenvalue weighted by atomic mass is 10.1. The summed E-state index contributed by atoms with van der Waals surface area (Å²) >= 11 is 1.12. The largest absolute Gasteiger partial charge is 0.376 e. The maximum Gasteiger partial charge on any atom is 0.261 e. The third-order valence-corrected chi connectivity index (χ3v) is 5.38. The zero-order valence-corrected chi connectivity index (χ0v) is 12.9. The van der Waals surface area contributed by atoms with E-state index in [2.05, 4.69) is 5.32 Å². The minimum Gasteiger partial charge on any atom is -0.376 e. The van der Waals surface area contributed by atoms with E-state index in [4.69, 9.17) is 9.88 Å². The molecule has 1 atom stereocenters. The molecule has 1 aromatic heterocycles. The average Bonchev–Trinajstić information content (AvgIpc) is 2.79. The van der Waals surface area contributed by atoms with Crippen LogP contribution in [-0.2, 0) is 14.8 Å². The van der Waals surface area contributed by atoms with Crippen molar-refractivity contribution < 1.29 is 17.9 Å². The van der Waals surface area contributed by atoms with E-state index >= 15 is 0 Å². The normalized spacial score (nSPS) is 19.8. The van der Waals surface area contributed by atoms with E-state index in [1.807, 2.05) is 0 Å². The molecule has 0 aromatic carbocycles. The Morgan fingerprint density at radius 1 is 1.55 bits per heavy atom. The number of aryl methyl sites for hydroxylation is 1. The summed E-state index contributed by atoms with van der Waals surface area (Å²) in [7, 11) is -3.78. The monoisotopic (exact) mass is 318 g/mol. The van der Waals surface area contributed by atoms with Crippen molar-refractivity contribution in [2.75, 3.05) is 13.2 Å². The average molecular weight is 318 g/mol. The van der Waals surface area contributed by atoms with Crippen LogP contribution in [0.25, 0.3) is 0 Å². The maximum absolute atomic E-state index is 12.0. The first-order valence-corrected chi connectivity index (χ1v) is 8.77. The number of rotatable bonds is 4. The van der Waals surface area contributed by atoms with Crippen molar-refractivity contribution in [2.24, 2.45) is 5.14 Å². The van der Waals surface area contributed by atoms with E-state index in [9.17, 15) is 13.2 Å². The van der Waals surface area contributed by atoms with E-state index in [1.54, 1.807) is 6.92 Å². The molecule has 1 aliphatic heterocycles. The highest BCUT2D eigenvalue weighted by molar-refractivity contribution is 7.89. The highest BCUT2D eigenvalue weighted by Crippen LogP contribution is 2.24. The minimum atomic E-state index is -3.78. The van der Waals surface area contributed by atoms with Crippen LogP contribution in [0.1, 0.15) is 33.8 Å². The van der Waals surface area contributed by atoms with Crippen LogP contribution in [0.4, 0.5) is 0 Å². The maximum atomic E-state index is 12.0. The summed E-state index contributed by atoms with van der Waals surface area (Å²) in [6, 6.07) is 1.33. The molecule has 0 spiro atoms. The number of primary sulfonamides is 1. The lowest BCUT2D eigenvalue weighted by Crippen LogP contribution is -2.35. The van der Waals surface area contributed by atoms with Crippen molar-refractivity contribution >= 4 is 27.3 Å². The van der Waals surface area contributed by atoms with Gasteiger partial charge in [0, 0.05) is 18.0 Å². The van der Waals surface area contributed by atoms with Gasteiger partial charge in [0.15, 0.2) is 0 Å². The van der Waals surface area contributed by atoms with Crippen LogP contribution < -0.4 is 10.5 Å². The number of carbonyl (C=O) groups is 1. The van der Waals surface area contributed by atoms with Crippen molar-refractivity contribution in [3.63, 3.8) is 0 Å². The van der Waals surface area contributed by atoms with Crippen molar-refractivity contribution in [1.29, 1.82) is 0 Å². The molecule has 112 valence electrons. The molecule has 2 heterocycles. The third-order valence-electron chi connectivity index (χ3n) is 3.17. The van der Waals surface area contributed by atoms with Gasteiger partial charge in [0.1, 0.15) is 0 Å². The van der Waals surface area contributed by atoms with E-state index in [0.29, 0.717) is 16.3 Å². The highest BCUT2D eigenvalue weighted by atomic mass is 32.2. The lowest BCUT2D eigenvalue weighted by Gasteiger charge is -2.22. The van der Waals surface area contributed by atoms with Gasteiger partial charge < -0.3 is 10.1 Å². The summed E-state index contributed by atoms with van der Waals surface area (Å²) in [5, 5.41) is 7.86. The number of thiophene rings is 1. The highest BCUT2D eigenvalue weighted by Gasteiger charge is 2.20. The van der Waals surface area contributed by atoms with Crippen molar-refractivity contribution in [3.8, 4) is 0 Å². The second-order valence-corrected chi connectivity index (χ2v) is 7.56. The number of amides is 1. The second-order valence-electron chi connectivity index (χ2n) is 4.77. The van der Waals surface area contributed by atoms with Crippen LogP contribution in [0.3, 0.4) is 0 Å². The number of hydrogen-bond donors (Lipinski definition) is 2. The van der Waals surface area contributed by atoms with Crippen molar-refractivity contribution in [3.05, 3.63) is 15.8 Å². The molecule has 20 heavy (non-hydrogen) atoms. The molecule has 6 nitrogen and oxygen atoms in total. The molecule has 1 saturated heterocycles. The Hall–Kier alpha value is -0.960. The van der Waals surface area contributed by atoms with Gasteiger partial charge in [-0.15, -0.1) is 11.3 Å². The zero-order valence-electron chi connectivity index (χ0n) is 11.2. The third kappa shape index (κ3) is 3.78. The Kier molecular flexibility index (Phi) is 4.79. The van der Waals surface area contributed by atoms with E-state index in [1.165, 1.54) is 6.07 Å². The first-order valence-electron chi connectivity index (χ1n) is 6.41. The molecular weight excluding hydrogens is 300 g/mol. The Bertz CT molecular complexity index is 589. The number of ether oxygens (including phenoxy) is 1. The number of carbonyl (C=O) groups excluding carboxylic acids is 1. The number of nitrogens with one attached hydrogen (secondary N) is 1. The first kappa shape index (κ1) is 15.4. The molecule has 3 N–H and O–H groups in total. The van der Waals surface area contributed by atoms with Crippen LogP contribution in [0.2, 0.25) is 0 Å². The molecule has 8 heteroatoms. The zero-order chi connectivity index (χ0) is 14.8.